The van der Waals surface area contributed by atoms with E-state index < -0.39 is 0 Å². The Kier molecular flexibility index (Phi) is 6.22. The highest BCUT2D eigenvalue weighted by Crippen LogP contribution is 2.39. The van der Waals surface area contributed by atoms with E-state index in [4.69, 9.17) is 0 Å². The summed E-state index contributed by atoms with van der Waals surface area (Å²) in [5.41, 5.74) is 11.3. The molecule has 4 heteroatoms. The minimum Gasteiger partial charge on any atom is -0.309 e. The van der Waals surface area contributed by atoms with E-state index in [1.165, 1.54) is 10.8 Å². The molecule has 0 atom stereocenters. The maximum absolute atomic E-state index is 10.2. The summed E-state index contributed by atoms with van der Waals surface area (Å²) in [6.07, 6.45) is 0. The summed E-state index contributed by atoms with van der Waals surface area (Å²) in [7, 11) is 0. The van der Waals surface area contributed by atoms with Gasteiger partial charge in [-0.3, -0.25) is 0 Å². The molecule has 222 valence electrons. The first-order valence-electron chi connectivity index (χ1n) is 15.9. The second kappa shape index (κ2) is 10.9. The largest absolute Gasteiger partial charge is 0.309 e. The van der Waals surface area contributed by atoms with E-state index in [9.17, 15) is 10.5 Å². The topological polar surface area (TPSA) is 57.4 Å². The molecular weight excluding hydrogens is 585 g/mol. The van der Waals surface area contributed by atoms with Crippen molar-refractivity contribution < 1.29 is 0 Å². The zero-order valence-corrected chi connectivity index (χ0v) is 25.8. The molecule has 0 amide bonds. The fraction of sp³-hybridized carbons (Fsp3) is 0. The lowest BCUT2D eigenvalue weighted by molar-refractivity contribution is 1.18. The summed E-state index contributed by atoms with van der Waals surface area (Å²) >= 11 is 0. The molecule has 0 aliphatic rings. The van der Waals surface area contributed by atoms with Gasteiger partial charge in [-0.05, 0) is 77.4 Å². The fourth-order valence-electron chi connectivity index (χ4n) is 7.31. The van der Waals surface area contributed by atoms with E-state index >= 15 is 0 Å². The van der Waals surface area contributed by atoms with Gasteiger partial charge in [-0.2, -0.15) is 10.5 Å². The van der Waals surface area contributed by atoms with Crippen molar-refractivity contribution in [3.63, 3.8) is 0 Å². The van der Waals surface area contributed by atoms with Crippen molar-refractivity contribution in [2.45, 2.75) is 0 Å². The highest BCUT2D eigenvalue weighted by atomic mass is 15.0. The SMILES string of the molecule is N#Cc1cc(-c2cccc(-n3c4ccccc4c4ccccc43)c2)cc(-c2ccccc2-n2c3ccccc3c3cccc(C#N)c32)c1. The van der Waals surface area contributed by atoms with Crippen LogP contribution in [0, 0.1) is 22.7 Å². The summed E-state index contributed by atoms with van der Waals surface area (Å²) in [6, 6.07) is 58.9. The quantitative estimate of drug-likeness (QED) is 0.199. The number of fused-ring (bicyclic) bond motifs is 6. The number of benzene rings is 7. The van der Waals surface area contributed by atoms with E-state index in [2.05, 4.69) is 130 Å². The summed E-state index contributed by atoms with van der Waals surface area (Å²) in [5.74, 6) is 0. The van der Waals surface area contributed by atoms with Crippen molar-refractivity contribution in [3.8, 4) is 45.8 Å². The Morgan fingerprint density at radius 3 is 1.71 bits per heavy atom. The van der Waals surface area contributed by atoms with Gasteiger partial charge in [0.1, 0.15) is 6.07 Å². The third kappa shape index (κ3) is 4.14. The van der Waals surface area contributed by atoms with Crippen LogP contribution in [0.3, 0.4) is 0 Å². The van der Waals surface area contributed by atoms with Gasteiger partial charge in [0.2, 0.25) is 0 Å². The van der Waals surface area contributed by atoms with Crippen LogP contribution in [0.25, 0.3) is 77.2 Å². The molecule has 7 aromatic carbocycles. The lowest BCUT2D eigenvalue weighted by Crippen LogP contribution is -1.99. The van der Waals surface area contributed by atoms with E-state index in [-0.39, 0.29) is 0 Å². The first-order chi connectivity index (χ1) is 23.7. The Hall–Kier alpha value is -6.88. The van der Waals surface area contributed by atoms with Gasteiger partial charge in [0.05, 0.1) is 45.0 Å². The number of aromatic nitrogens is 2. The minimum absolute atomic E-state index is 0.583. The zero-order valence-electron chi connectivity index (χ0n) is 25.8. The molecule has 2 heterocycles. The van der Waals surface area contributed by atoms with Crippen LogP contribution >= 0.6 is 0 Å². The Morgan fingerprint density at radius 1 is 0.417 bits per heavy atom. The van der Waals surface area contributed by atoms with Gasteiger partial charge in [-0.25, -0.2) is 0 Å². The molecule has 0 aliphatic carbocycles. The molecule has 0 fully saturated rings. The molecule has 9 aromatic rings. The van der Waals surface area contributed by atoms with E-state index in [1.807, 2.05) is 48.5 Å². The predicted molar refractivity (Wildman–Crippen MR) is 195 cm³/mol. The summed E-state index contributed by atoms with van der Waals surface area (Å²) in [5, 5.41) is 24.9. The van der Waals surface area contributed by atoms with Crippen molar-refractivity contribution in [1.82, 2.24) is 9.13 Å². The highest BCUT2D eigenvalue weighted by Gasteiger charge is 2.19. The predicted octanol–water partition coefficient (Wildman–Crippen LogP) is 11.0. The first-order valence-corrected chi connectivity index (χ1v) is 15.9. The number of hydrogen-bond acceptors (Lipinski definition) is 2. The average Bonchev–Trinajstić information content (AvgIpc) is 3.68. The molecule has 48 heavy (non-hydrogen) atoms. The number of rotatable bonds is 4. The first kappa shape index (κ1) is 27.4. The standard InChI is InChI=1S/C44H26N4/c45-27-29-23-32(30-11-9-13-34(26-30)47-41-20-6-2-15-36(41)37-16-3-7-21-42(37)47)25-33(24-29)35-14-1-5-19-40(35)48-43-22-8-4-17-38(43)39-18-10-12-31(28-46)44(39)48/h1-26H. The van der Waals surface area contributed by atoms with Gasteiger partial charge in [-0.15, -0.1) is 0 Å². The van der Waals surface area contributed by atoms with Crippen molar-refractivity contribution in [2.24, 2.45) is 0 Å². The van der Waals surface area contributed by atoms with E-state index in [1.54, 1.807) is 0 Å². The molecule has 0 bridgehead atoms. The number of para-hydroxylation sites is 5. The smallest absolute Gasteiger partial charge is 0.101 e. The maximum atomic E-state index is 10.2. The fourth-order valence-corrected chi connectivity index (χ4v) is 7.31. The number of nitrogens with zero attached hydrogens (tertiary/aromatic N) is 4. The van der Waals surface area contributed by atoms with Crippen LogP contribution in [0.5, 0.6) is 0 Å². The zero-order chi connectivity index (χ0) is 32.2. The normalized spacial score (nSPS) is 11.3. The second-order valence-electron chi connectivity index (χ2n) is 12.0. The van der Waals surface area contributed by atoms with Crippen LogP contribution in [0.2, 0.25) is 0 Å². The molecule has 0 radical (unpaired) electrons. The summed E-state index contributed by atoms with van der Waals surface area (Å²) in [4.78, 5) is 0. The number of hydrogen-bond donors (Lipinski definition) is 0. The molecule has 0 saturated heterocycles. The molecule has 4 nitrogen and oxygen atoms in total. The Balaban J connectivity index is 1.25. The monoisotopic (exact) mass is 610 g/mol. The van der Waals surface area contributed by atoms with Crippen molar-refractivity contribution >= 4 is 43.6 Å². The molecule has 0 spiro atoms. The second-order valence-corrected chi connectivity index (χ2v) is 12.0. The molecule has 0 N–H and O–H groups in total. The van der Waals surface area contributed by atoms with Gasteiger partial charge >= 0.3 is 0 Å². The van der Waals surface area contributed by atoms with Crippen molar-refractivity contribution in [3.05, 3.63) is 169 Å². The van der Waals surface area contributed by atoms with Crippen LogP contribution in [0.1, 0.15) is 11.1 Å². The molecule has 0 aliphatic heterocycles. The van der Waals surface area contributed by atoms with Crippen molar-refractivity contribution in [1.29, 1.82) is 10.5 Å². The minimum atomic E-state index is 0.583. The number of nitriles is 2. The Bertz CT molecular complexity index is 2760. The lowest BCUT2D eigenvalue weighted by atomic mass is 9.95. The molecule has 2 aromatic heterocycles. The molecular formula is C44H26N4. The van der Waals surface area contributed by atoms with E-state index in [0.717, 1.165) is 66.5 Å². The van der Waals surface area contributed by atoms with Gasteiger partial charge in [0.25, 0.3) is 0 Å². The van der Waals surface area contributed by atoms with Crippen molar-refractivity contribution in [2.75, 3.05) is 0 Å². The molecule has 9 rings (SSSR count). The lowest BCUT2D eigenvalue weighted by Gasteiger charge is -2.16. The highest BCUT2D eigenvalue weighted by molar-refractivity contribution is 6.12. The van der Waals surface area contributed by atoms with Crippen LogP contribution in [0.4, 0.5) is 0 Å². The van der Waals surface area contributed by atoms with Crippen LogP contribution in [0.15, 0.2) is 158 Å². The van der Waals surface area contributed by atoms with E-state index in [0.29, 0.717) is 11.1 Å². The Morgan fingerprint density at radius 2 is 1.00 bits per heavy atom. The average molecular weight is 611 g/mol. The third-order valence-electron chi connectivity index (χ3n) is 9.35. The summed E-state index contributed by atoms with van der Waals surface area (Å²) < 4.78 is 4.51. The molecule has 0 saturated carbocycles. The van der Waals surface area contributed by atoms with Gasteiger partial charge in [-0.1, -0.05) is 97.1 Å². The van der Waals surface area contributed by atoms with Gasteiger partial charge < -0.3 is 9.13 Å². The summed E-state index contributed by atoms with van der Waals surface area (Å²) in [6.45, 7) is 0. The van der Waals surface area contributed by atoms with Gasteiger partial charge in [0, 0.05) is 32.8 Å². The van der Waals surface area contributed by atoms with Gasteiger partial charge in [0.15, 0.2) is 0 Å². The van der Waals surface area contributed by atoms with Crippen LogP contribution < -0.4 is 0 Å². The molecule has 0 unspecified atom stereocenters. The van der Waals surface area contributed by atoms with Crippen LogP contribution in [-0.2, 0) is 0 Å². The van der Waals surface area contributed by atoms with Crippen LogP contribution in [-0.4, -0.2) is 9.13 Å². The third-order valence-corrected chi connectivity index (χ3v) is 9.35. The Labute approximate surface area is 277 Å². The maximum Gasteiger partial charge on any atom is 0.101 e.